The standard InChI is InChI=1S/C45H55N7O5/c1-26(2)39(50(8)43(54)56-9)42(53)51-24-27(3)21-38(51)41-47-34-19-18-33(22-35(34)48-41)31-12-10-29(11-13-31)30-14-16-32(17-15-30)36-23-46-40(49-36)37-20-28(4)25-52(37)44(55)57-45(5,6)7/h10-19,22-23,26-28,37-39H,20-21,24-25H2,1-9H3,(H,46,49)(H,47,48)/t27-,28-,37-,38-,39?/m0/s1. The third kappa shape index (κ3) is 8.26. The topological polar surface area (TPSA) is 137 Å². The van der Waals surface area contributed by atoms with Crippen molar-refractivity contribution >= 4 is 29.1 Å². The SMILES string of the molecule is COC(=O)N(C)C(C(=O)N1C[C@@H](C)C[C@H]1c1nc2ccc(-c3ccc(-c4ccc(-c5cnc([C@@H]6C[C@H](C)CN6C(=O)OC(C)(C)C)[nH]5)cc4)cc3)cc2[nH]1)C(C)C. The molecule has 0 saturated carbocycles. The van der Waals surface area contributed by atoms with Crippen LogP contribution in [0.3, 0.4) is 0 Å². The second kappa shape index (κ2) is 15.7. The van der Waals surface area contributed by atoms with E-state index in [2.05, 4.69) is 84.5 Å². The summed E-state index contributed by atoms with van der Waals surface area (Å²) in [5.41, 5.74) is 7.45. The van der Waals surface area contributed by atoms with Gasteiger partial charge in [0.1, 0.15) is 23.3 Å². The number of carbonyl (C=O) groups excluding carboxylic acids is 3. The molecule has 4 heterocycles. The molecular weight excluding hydrogens is 719 g/mol. The zero-order valence-electron chi connectivity index (χ0n) is 34.5. The molecule has 5 aromatic rings. The molecular formula is C45H55N7O5. The van der Waals surface area contributed by atoms with Gasteiger partial charge in [-0.1, -0.05) is 82.3 Å². The second-order valence-electron chi connectivity index (χ2n) is 17.3. The molecule has 12 heteroatoms. The lowest BCUT2D eigenvalue weighted by atomic mass is 9.99. The highest BCUT2D eigenvalue weighted by Crippen LogP contribution is 2.38. The minimum atomic E-state index is -0.641. The zero-order chi connectivity index (χ0) is 40.8. The molecule has 5 atom stereocenters. The molecule has 1 unspecified atom stereocenters. The monoisotopic (exact) mass is 773 g/mol. The predicted molar refractivity (Wildman–Crippen MR) is 221 cm³/mol. The first-order valence-corrected chi connectivity index (χ1v) is 20.0. The number of aromatic nitrogens is 4. The number of rotatable bonds is 8. The molecule has 7 rings (SSSR count). The Morgan fingerprint density at radius 3 is 1.91 bits per heavy atom. The molecule has 2 aromatic heterocycles. The summed E-state index contributed by atoms with van der Waals surface area (Å²) in [6.45, 7) is 15.1. The average molecular weight is 774 g/mol. The molecule has 0 aliphatic carbocycles. The van der Waals surface area contributed by atoms with Crippen molar-refractivity contribution in [3.63, 3.8) is 0 Å². The smallest absolute Gasteiger partial charge is 0.410 e. The molecule has 0 bridgehead atoms. The van der Waals surface area contributed by atoms with Crippen molar-refractivity contribution in [2.45, 2.75) is 85.0 Å². The van der Waals surface area contributed by atoms with Gasteiger partial charge in [0, 0.05) is 20.1 Å². The van der Waals surface area contributed by atoms with Crippen LogP contribution in [0.1, 0.15) is 85.0 Å². The Bertz CT molecular complexity index is 2240. The van der Waals surface area contributed by atoms with Crippen molar-refractivity contribution in [3.8, 4) is 33.5 Å². The van der Waals surface area contributed by atoms with E-state index in [1.807, 2.05) is 51.8 Å². The van der Waals surface area contributed by atoms with Crippen LogP contribution in [0.5, 0.6) is 0 Å². The third-order valence-corrected chi connectivity index (χ3v) is 11.2. The van der Waals surface area contributed by atoms with Crippen LogP contribution in [0.25, 0.3) is 44.5 Å². The molecule has 300 valence electrons. The first-order chi connectivity index (χ1) is 27.1. The maximum absolute atomic E-state index is 14.0. The molecule has 12 nitrogen and oxygen atoms in total. The Labute approximate surface area is 335 Å². The van der Waals surface area contributed by atoms with Crippen molar-refractivity contribution in [2.75, 3.05) is 27.2 Å². The van der Waals surface area contributed by atoms with E-state index in [1.165, 1.54) is 12.0 Å². The van der Waals surface area contributed by atoms with Gasteiger partial charge in [0.25, 0.3) is 0 Å². The summed E-state index contributed by atoms with van der Waals surface area (Å²) >= 11 is 0. The summed E-state index contributed by atoms with van der Waals surface area (Å²) in [5, 5.41) is 0. The van der Waals surface area contributed by atoms with E-state index in [1.54, 1.807) is 11.9 Å². The van der Waals surface area contributed by atoms with E-state index < -0.39 is 17.7 Å². The zero-order valence-corrected chi connectivity index (χ0v) is 34.5. The number of aromatic amines is 2. The molecule has 2 N–H and O–H groups in total. The molecule has 57 heavy (non-hydrogen) atoms. The van der Waals surface area contributed by atoms with Crippen LogP contribution < -0.4 is 0 Å². The normalized spacial score (nSPS) is 20.3. The lowest BCUT2D eigenvalue weighted by molar-refractivity contribution is -0.138. The molecule has 0 radical (unpaired) electrons. The maximum atomic E-state index is 14.0. The number of H-pyrrole nitrogens is 2. The van der Waals surface area contributed by atoms with E-state index >= 15 is 0 Å². The Hall–Kier alpha value is -5.65. The van der Waals surface area contributed by atoms with Gasteiger partial charge in [-0.2, -0.15) is 0 Å². The van der Waals surface area contributed by atoms with Gasteiger partial charge in [0.2, 0.25) is 5.91 Å². The number of nitrogens with zero attached hydrogens (tertiary/aromatic N) is 5. The van der Waals surface area contributed by atoms with E-state index in [4.69, 9.17) is 19.4 Å². The van der Waals surface area contributed by atoms with Gasteiger partial charge in [0.05, 0.1) is 42.1 Å². The van der Waals surface area contributed by atoms with Gasteiger partial charge in [-0.15, -0.1) is 0 Å². The van der Waals surface area contributed by atoms with Gasteiger partial charge in [-0.3, -0.25) is 14.6 Å². The van der Waals surface area contributed by atoms with Crippen molar-refractivity contribution in [1.82, 2.24) is 34.6 Å². The van der Waals surface area contributed by atoms with Crippen LogP contribution in [0, 0.1) is 17.8 Å². The minimum absolute atomic E-state index is 0.0928. The molecule has 2 aliphatic heterocycles. The van der Waals surface area contributed by atoms with Crippen LogP contribution in [0.4, 0.5) is 9.59 Å². The lowest BCUT2D eigenvalue weighted by Gasteiger charge is -2.34. The van der Waals surface area contributed by atoms with Crippen LogP contribution in [0.2, 0.25) is 0 Å². The number of amides is 3. The van der Waals surface area contributed by atoms with Gasteiger partial charge in [-0.25, -0.2) is 19.6 Å². The average Bonchev–Trinajstić information content (AvgIpc) is 3.99. The van der Waals surface area contributed by atoms with Crippen LogP contribution in [0.15, 0.2) is 72.9 Å². The fraction of sp³-hybridized carbons (Fsp3) is 0.444. The number of hydrogen-bond donors (Lipinski definition) is 2. The van der Waals surface area contributed by atoms with Crippen LogP contribution in [-0.4, -0.2) is 91.6 Å². The maximum Gasteiger partial charge on any atom is 0.410 e. The highest BCUT2D eigenvalue weighted by molar-refractivity contribution is 5.87. The summed E-state index contributed by atoms with van der Waals surface area (Å²) in [7, 11) is 2.95. The minimum Gasteiger partial charge on any atom is -0.453 e. The fourth-order valence-corrected chi connectivity index (χ4v) is 8.42. The van der Waals surface area contributed by atoms with Gasteiger partial charge in [-0.05, 0) is 91.3 Å². The van der Waals surface area contributed by atoms with Crippen molar-refractivity contribution < 1.29 is 23.9 Å². The molecule has 2 fully saturated rings. The van der Waals surface area contributed by atoms with Gasteiger partial charge >= 0.3 is 12.2 Å². The van der Waals surface area contributed by atoms with E-state index in [0.29, 0.717) is 19.0 Å². The Balaban J connectivity index is 1.04. The Kier molecular flexibility index (Phi) is 10.9. The largest absolute Gasteiger partial charge is 0.453 e. The number of methoxy groups -OCH3 is 1. The van der Waals surface area contributed by atoms with E-state index in [-0.39, 0.29) is 35.9 Å². The third-order valence-electron chi connectivity index (χ3n) is 11.2. The number of benzene rings is 3. The summed E-state index contributed by atoms with van der Waals surface area (Å²) in [6, 6.07) is 22.1. The number of carbonyl (C=O) groups is 3. The number of imidazole rings is 2. The molecule has 2 aliphatic rings. The summed E-state index contributed by atoms with van der Waals surface area (Å²) in [5.74, 6) is 1.98. The molecule has 3 aromatic carbocycles. The summed E-state index contributed by atoms with van der Waals surface area (Å²) in [4.78, 5) is 61.1. The lowest BCUT2D eigenvalue weighted by Crippen LogP contribution is -2.52. The van der Waals surface area contributed by atoms with E-state index in [9.17, 15) is 14.4 Å². The van der Waals surface area contributed by atoms with Crippen molar-refractivity contribution in [2.24, 2.45) is 17.8 Å². The summed E-state index contributed by atoms with van der Waals surface area (Å²) < 4.78 is 10.6. The van der Waals surface area contributed by atoms with Gasteiger partial charge in [0.15, 0.2) is 0 Å². The number of fused-ring (bicyclic) bond motifs is 1. The van der Waals surface area contributed by atoms with Crippen molar-refractivity contribution in [3.05, 3.63) is 84.6 Å². The van der Waals surface area contributed by atoms with Crippen LogP contribution >= 0.6 is 0 Å². The molecule has 3 amide bonds. The first kappa shape index (κ1) is 39.6. The quantitative estimate of drug-likeness (QED) is 0.160. The molecule has 2 saturated heterocycles. The second-order valence-corrected chi connectivity index (χ2v) is 17.3. The fourth-order valence-electron chi connectivity index (χ4n) is 8.42. The Morgan fingerprint density at radius 1 is 0.789 bits per heavy atom. The summed E-state index contributed by atoms with van der Waals surface area (Å²) in [6.07, 6.45) is 2.62. The highest BCUT2D eigenvalue weighted by Gasteiger charge is 2.42. The number of ether oxygens (including phenoxy) is 2. The number of likely N-dealkylation sites (tertiary alicyclic amines) is 2. The predicted octanol–water partition coefficient (Wildman–Crippen LogP) is 9.24. The highest BCUT2D eigenvalue weighted by atomic mass is 16.6. The van der Waals surface area contributed by atoms with Gasteiger partial charge < -0.3 is 24.3 Å². The number of likely N-dealkylation sites (N-methyl/N-ethyl adjacent to an activating group) is 1. The first-order valence-electron chi connectivity index (χ1n) is 20.0. The van der Waals surface area contributed by atoms with Crippen molar-refractivity contribution in [1.29, 1.82) is 0 Å². The van der Waals surface area contributed by atoms with E-state index in [0.717, 1.165) is 69.0 Å². The number of hydrogen-bond acceptors (Lipinski definition) is 7. The molecule has 0 spiro atoms. The van der Waals surface area contributed by atoms with Crippen LogP contribution in [-0.2, 0) is 14.3 Å². The number of nitrogens with one attached hydrogen (secondary N) is 2. The Morgan fingerprint density at radius 2 is 1.33 bits per heavy atom.